The largest absolute Gasteiger partial charge is 0.351 e. The highest BCUT2D eigenvalue weighted by molar-refractivity contribution is 5.89. The van der Waals surface area contributed by atoms with Crippen molar-refractivity contribution in [2.45, 2.75) is 32.7 Å². The number of benzene rings is 2. The lowest BCUT2D eigenvalue weighted by Gasteiger charge is -2.23. The number of fused-ring (bicyclic) bond motifs is 1. The molecule has 0 aliphatic carbocycles. The minimum Gasteiger partial charge on any atom is -0.351 e. The van der Waals surface area contributed by atoms with Gasteiger partial charge in [0, 0.05) is 13.1 Å². The van der Waals surface area contributed by atoms with Crippen LogP contribution in [-0.2, 0) is 16.0 Å². The van der Waals surface area contributed by atoms with Crippen LogP contribution in [0.25, 0.3) is 10.8 Å². The summed E-state index contributed by atoms with van der Waals surface area (Å²) < 4.78 is 0. The lowest BCUT2D eigenvalue weighted by atomic mass is 10.0. The summed E-state index contributed by atoms with van der Waals surface area (Å²) in [6.45, 7) is 6.23. The first kappa shape index (κ1) is 20.1. The number of nitrogens with one attached hydrogen (secondary N) is 3. The Balaban J connectivity index is 1.58. The Kier molecular flexibility index (Phi) is 6.82. The monoisotopic (exact) mass is 379 g/mol. The molecule has 2 amide bonds. The molecule has 0 saturated carbocycles. The van der Waals surface area contributed by atoms with Crippen LogP contribution in [0.4, 0.5) is 0 Å². The zero-order valence-electron chi connectivity index (χ0n) is 16.6. The third kappa shape index (κ3) is 5.42. The summed E-state index contributed by atoms with van der Waals surface area (Å²) in [6, 6.07) is 13.6. The first-order valence-corrected chi connectivity index (χ1v) is 9.96. The molecule has 2 aromatic carbocycles. The van der Waals surface area contributed by atoms with Gasteiger partial charge in [-0.1, -0.05) is 68.0 Å². The normalized spacial score (nSPS) is 15.2. The van der Waals surface area contributed by atoms with E-state index in [0.29, 0.717) is 6.54 Å². The Morgan fingerprint density at radius 2 is 1.89 bits per heavy atom. The lowest BCUT2D eigenvalue weighted by Crippen LogP contribution is -2.50. The minimum atomic E-state index is -0.532. The van der Waals surface area contributed by atoms with Crippen molar-refractivity contribution < 1.29 is 9.59 Å². The first-order chi connectivity index (χ1) is 13.5. The minimum absolute atomic E-state index is 0.0163. The Labute approximate surface area is 166 Å². The van der Waals surface area contributed by atoms with Gasteiger partial charge in [0.25, 0.3) is 0 Å². The maximum absolute atomic E-state index is 12.6. The van der Waals surface area contributed by atoms with Crippen LogP contribution in [0.5, 0.6) is 0 Å². The highest BCUT2D eigenvalue weighted by Gasteiger charge is 2.24. The van der Waals surface area contributed by atoms with E-state index in [4.69, 9.17) is 0 Å². The average molecular weight is 380 g/mol. The summed E-state index contributed by atoms with van der Waals surface area (Å²) in [5, 5.41) is 11.4. The molecule has 148 valence electrons. The summed E-state index contributed by atoms with van der Waals surface area (Å²) in [6.07, 6.45) is 3.32. The third-order valence-corrected chi connectivity index (χ3v) is 5.09. The van der Waals surface area contributed by atoms with Crippen molar-refractivity contribution in [1.82, 2.24) is 16.0 Å². The van der Waals surface area contributed by atoms with E-state index in [1.54, 1.807) is 0 Å². The molecule has 3 rings (SSSR count). The van der Waals surface area contributed by atoms with Crippen LogP contribution >= 0.6 is 0 Å². The molecule has 0 bridgehead atoms. The lowest BCUT2D eigenvalue weighted by molar-refractivity contribution is -0.129. The van der Waals surface area contributed by atoms with Crippen molar-refractivity contribution in [3.05, 3.63) is 59.7 Å². The van der Waals surface area contributed by atoms with Crippen LogP contribution in [0.1, 0.15) is 25.8 Å². The van der Waals surface area contributed by atoms with Crippen molar-refractivity contribution >= 4 is 22.6 Å². The Morgan fingerprint density at radius 3 is 2.61 bits per heavy atom. The van der Waals surface area contributed by atoms with Gasteiger partial charge in [0.2, 0.25) is 11.8 Å². The molecule has 0 fully saturated rings. The molecule has 0 spiro atoms. The fraction of sp³-hybridized carbons (Fsp3) is 0.391. The van der Waals surface area contributed by atoms with Crippen molar-refractivity contribution in [3.63, 3.8) is 0 Å². The zero-order valence-corrected chi connectivity index (χ0v) is 16.6. The SMILES string of the molecule is CC(C)C(NC(=O)Cc1ccc2ccccc2c1)C(=O)NCC1=CCNCC1. The molecular weight excluding hydrogens is 350 g/mol. The van der Waals surface area contributed by atoms with Crippen LogP contribution in [0.15, 0.2) is 54.1 Å². The van der Waals surface area contributed by atoms with Gasteiger partial charge in [0.15, 0.2) is 0 Å². The van der Waals surface area contributed by atoms with E-state index in [-0.39, 0.29) is 24.2 Å². The molecule has 28 heavy (non-hydrogen) atoms. The van der Waals surface area contributed by atoms with E-state index >= 15 is 0 Å². The molecule has 2 aromatic rings. The van der Waals surface area contributed by atoms with E-state index in [0.717, 1.165) is 35.8 Å². The number of hydrogen-bond acceptors (Lipinski definition) is 3. The van der Waals surface area contributed by atoms with Gasteiger partial charge in [-0.05, 0) is 35.2 Å². The van der Waals surface area contributed by atoms with Gasteiger partial charge < -0.3 is 16.0 Å². The highest BCUT2D eigenvalue weighted by atomic mass is 16.2. The maximum atomic E-state index is 12.6. The van der Waals surface area contributed by atoms with Gasteiger partial charge in [0.1, 0.15) is 6.04 Å². The average Bonchev–Trinajstić information content (AvgIpc) is 2.70. The molecule has 1 heterocycles. The second-order valence-electron chi connectivity index (χ2n) is 7.68. The van der Waals surface area contributed by atoms with Crippen molar-refractivity contribution in [2.75, 3.05) is 19.6 Å². The van der Waals surface area contributed by atoms with Crippen LogP contribution in [0, 0.1) is 5.92 Å². The number of carbonyl (C=O) groups excluding carboxylic acids is 2. The second-order valence-corrected chi connectivity index (χ2v) is 7.68. The summed E-state index contributed by atoms with van der Waals surface area (Å²) in [7, 11) is 0. The van der Waals surface area contributed by atoms with E-state index in [9.17, 15) is 9.59 Å². The Hall–Kier alpha value is -2.66. The van der Waals surface area contributed by atoms with Crippen molar-refractivity contribution in [1.29, 1.82) is 0 Å². The van der Waals surface area contributed by atoms with Gasteiger partial charge in [-0.15, -0.1) is 0 Å². The van der Waals surface area contributed by atoms with Crippen LogP contribution < -0.4 is 16.0 Å². The van der Waals surface area contributed by atoms with Gasteiger partial charge in [0.05, 0.1) is 6.42 Å². The quantitative estimate of drug-likeness (QED) is 0.648. The van der Waals surface area contributed by atoms with Gasteiger partial charge in [-0.25, -0.2) is 0 Å². The number of rotatable bonds is 7. The summed E-state index contributed by atoms with van der Waals surface area (Å²) in [5.41, 5.74) is 2.18. The van der Waals surface area contributed by atoms with E-state index in [1.807, 2.05) is 50.2 Å². The van der Waals surface area contributed by atoms with Gasteiger partial charge in [-0.2, -0.15) is 0 Å². The Bertz CT molecular complexity index is 873. The van der Waals surface area contributed by atoms with Gasteiger partial charge in [-0.3, -0.25) is 9.59 Å². The van der Waals surface area contributed by atoms with E-state index in [1.165, 1.54) is 5.57 Å². The molecule has 1 atom stereocenters. The third-order valence-electron chi connectivity index (χ3n) is 5.09. The van der Waals surface area contributed by atoms with Crippen LogP contribution in [-0.4, -0.2) is 37.5 Å². The molecule has 5 nitrogen and oxygen atoms in total. The van der Waals surface area contributed by atoms with Crippen LogP contribution in [0.3, 0.4) is 0 Å². The van der Waals surface area contributed by atoms with E-state index in [2.05, 4.69) is 28.1 Å². The summed E-state index contributed by atoms with van der Waals surface area (Å²) in [5.74, 6) is -0.242. The fourth-order valence-electron chi connectivity index (χ4n) is 3.43. The smallest absolute Gasteiger partial charge is 0.243 e. The topological polar surface area (TPSA) is 70.2 Å². The number of carbonyl (C=O) groups is 2. The highest BCUT2D eigenvalue weighted by Crippen LogP contribution is 2.16. The molecule has 1 aliphatic rings. The molecule has 3 N–H and O–H groups in total. The molecule has 0 aromatic heterocycles. The molecule has 1 aliphatic heterocycles. The standard InChI is InChI=1S/C23H29N3O2/c1-16(2)22(23(28)25-15-17-9-11-24-12-10-17)26-21(27)14-18-7-8-19-5-3-4-6-20(19)13-18/h3-9,13,16,22,24H,10-12,14-15H2,1-2H3,(H,25,28)(H,26,27). The summed E-state index contributed by atoms with van der Waals surface area (Å²) >= 11 is 0. The molecular formula is C23H29N3O2. The predicted molar refractivity (Wildman–Crippen MR) is 113 cm³/mol. The molecule has 1 unspecified atom stereocenters. The number of hydrogen-bond donors (Lipinski definition) is 3. The van der Waals surface area contributed by atoms with Crippen molar-refractivity contribution in [3.8, 4) is 0 Å². The second kappa shape index (κ2) is 9.51. The van der Waals surface area contributed by atoms with Crippen molar-refractivity contribution in [2.24, 2.45) is 5.92 Å². The predicted octanol–water partition coefficient (Wildman–Crippen LogP) is 2.56. The van der Waals surface area contributed by atoms with E-state index < -0.39 is 6.04 Å². The number of amides is 2. The Morgan fingerprint density at radius 1 is 1.11 bits per heavy atom. The van der Waals surface area contributed by atoms with Crippen LogP contribution in [0.2, 0.25) is 0 Å². The zero-order chi connectivity index (χ0) is 19.9. The van der Waals surface area contributed by atoms with Gasteiger partial charge >= 0.3 is 0 Å². The maximum Gasteiger partial charge on any atom is 0.243 e. The molecule has 0 radical (unpaired) electrons. The summed E-state index contributed by atoms with van der Waals surface area (Å²) in [4.78, 5) is 25.2. The first-order valence-electron chi connectivity index (χ1n) is 9.96. The molecule has 0 saturated heterocycles. The fourth-order valence-corrected chi connectivity index (χ4v) is 3.43. The molecule has 5 heteroatoms.